The van der Waals surface area contributed by atoms with Crippen molar-refractivity contribution in [2.24, 2.45) is 0 Å². The Bertz CT molecular complexity index is 284. The van der Waals surface area contributed by atoms with Gasteiger partial charge in [0, 0.05) is 13.1 Å². The summed E-state index contributed by atoms with van der Waals surface area (Å²) in [7, 11) is 1.93. The molecule has 0 bridgehead atoms. The van der Waals surface area contributed by atoms with Crippen molar-refractivity contribution in [3.05, 3.63) is 35.4 Å². The Morgan fingerprint density at radius 2 is 1.87 bits per heavy atom. The fourth-order valence-electron chi connectivity index (χ4n) is 1.49. The SMILES string of the molecule is Cc1ccc(CN(C)CC(O)CO)cc1. The molecule has 0 radical (unpaired) electrons. The predicted molar refractivity (Wildman–Crippen MR) is 60.6 cm³/mol. The first kappa shape index (κ1) is 12.2. The molecule has 1 aromatic rings. The lowest BCUT2D eigenvalue weighted by molar-refractivity contribution is 0.0648. The van der Waals surface area contributed by atoms with Gasteiger partial charge in [0.2, 0.25) is 0 Å². The van der Waals surface area contributed by atoms with Crippen molar-refractivity contribution in [3.8, 4) is 0 Å². The quantitative estimate of drug-likeness (QED) is 0.753. The van der Waals surface area contributed by atoms with Gasteiger partial charge in [-0.05, 0) is 19.5 Å². The van der Waals surface area contributed by atoms with Crippen LogP contribution in [0.1, 0.15) is 11.1 Å². The highest BCUT2D eigenvalue weighted by Gasteiger charge is 2.06. The van der Waals surface area contributed by atoms with E-state index in [9.17, 15) is 5.11 Å². The molecule has 1 unspecified atom stereocenters. The van der Waals surface area contributed by atoms with Gasteiger partial charge in [0.05, 0.1) is 12.7 Å². The lowest BCUT2D eigenvalue weighted by Crippen LogP contribution is -2.30. The first-order valence-corrected chi connectivity index (χ1v) is 5.15. The van der Waals surface area contributed by atoms with Crippen molar-refractivity contribution < 1.29 is 10.2 Å². The van der Waals surface area contributed by atoms with E-state index in [1.807, 2.05) is 11.9 Å². The average Bonchev–Trinajstić information content (AvgIpc) is 2.21. The molecule has 0 aliphatic carbocycles. The first-order chi connectivity index (χ1) is 7.11. The number of aryl methyl sites for hydroxylation is 1. The Balaban J connectivity index is 2.44. The lowest BCUT2D eigenvalue weighted by Gasteiger charge is -2.19. The molecule has 15 heavy (non-hydrogen) atoms. The molecule has 0 aliphatic heterocycles. The molecule has 0 fully saturated rings. The molecule has 1 atom stereocenters. The van der Waals surface area contributed by atoms with Gasteiger partial charge in [0.15, 0.2) is 0 Å². The van der Waals surface area contributed by atoms with Crippen LogP contribution in [0.25, 0.3) is 0 Å². The summed E-state index contributed by atoms with van der Waals surface area (Å²) in [5.74, 6) is 0. The van der Waals surface area contributed by atoms with Crippen LogP contribution in [0.5, 0.6) is 0 Å². The van der Waals surface area contributed by atoms with Gasteiger partial charge in [-0.2, -0.15) is 0 Å². The van der Waals surface area contributed by atoms with Crippen molar-refractivity contribution in [2.75, 3.05) is 20.2 Å². The maximum absolute atomic E-state index is 9.26. The molecular weight excluding hydrogens is 190 g/mol. The number of nitrogens with zero attached hydrogens (tertiary/aromatic N) is 1. The van der Waals surface area contributed by atoms with Gasteiger partial charge >= 0.3 is 0 Å². The number of hydrogen-bond donors (Lipinski definition) is 2. The zero-order valence-corrected chi connectivity index (χ0v) is 9.35. The van der Waals surface area contributed by atoms with E-state index < -0.39 is 6.10 Å². The largest absolute Gasteiger partial charge is 0.394 e. The van der Waals surface area contributed by atoms with Crippen LogP contribution in [0, 0.1) is 6.92 Å². The third kappa shape index (κ3) is 4.42. The van der Waals surface area contributed by atoms with Crippen molar-refractivity contribution in [1.29, 1.82) is 0 Å². The minimum Gasteiger partial charge on any atom is -0.394 e. The van der Waals surface area contributed by atoms with Crippen LogP contribution < -0.4 is 0 Å². The number of aliphatic hydroxyl groups is 2. The van der Waals surface area contributed by atoms with E-state index in [1.165, 1.54) is 11.1 Å². The standard InChI is InChI=1S/C12H19NO2/c1-10-3-5-11(6-4-10)7-13(2)8-12(15)9-14/h3-6,12,14-15H,7-9H2,1-2H3. The Kier molecular flexibility index (Phi) is 4.75. The molecule has 3 nitrogen and oxygen atoms in total. The van der Waals surface area contributed by atoms with Crippen LogP contribution in [0.3, 0.4) is 0 Å². The molecule has 0 spiro atoms. The highest BCUT2D eigenvalue weighted by atomic mass is 16.3. The minimum atomic E-state index is -0.652. The summed E-state index contributed by atoms with van der Waals surface area (Å²) in [4.78, 5) is 1.99. The second kappa shape index (κ2) is 5.85. The van der Waals surface area contributed by atoms with Crippen LogP contribution >= 0.6 is 0 Å². The molecule has 1 aromatic carbocycles. The Hall–Kier alpha value is -0.900. The molecule has 0 saturated carbocycles. The molecule has 0 amide bonds. The van der Waals surface area contributed by atoms with Gasteiger partial charge in [0.1, 0.15) is 0 Å². The van der Waals surface area contributed by atoms with E-state index >= 15 is 0 Å². The Morgan fingerprint density at radius 3 is 2.40 bits per heavy atom. The summed E-state index contributed by atoms with van der Waals surface area (Å²) >= 11 is 0. The molecule has 1 rings (SSSR count). The van der Waals surface area contributed by atoms with E-state index in [4.69, 9.17) is 5.11 Å². The van der Waals surface area contributed by atoms with E-state index in [-0.39, 0.29) is 6.61 Å². The Morgan fingerprint density at radius 1 is 1.27 bits per heavy atom. The van der Waals surface area contributed by atoms with E-state index in [0.717, 1.165) is 6.54 Å². The van der Waals surface area contributed by atoms with Gasteiger partial charge in [-0.1, -0.05) is 29.8 Å². The first-order valence-electron chi connectivity index (χ1n) is 5.15. The molecule has 0 heterocycles. The summed E-state index contributed by atoms with van der Waals surface area (Å²) < 4.78 is 0. The molecule has 0 aromatic heterocycles. The van der Waals surface area contributed by atoms with E-state index in [1.54, 1.807) is 0 Å². The monoisotopic (exact) mass is 209 g/mol. The van der Waals surface area contributed by atoms with Crippen molar-refractivity contribution in [1.82, 2.24) is 4.90 Å². The highest BCUT2D eigenvalue weighted by molar-refractivity contribution is 5.21. The summed E-state index contributed by atoms with van der Waals surface area (Å²) in [5.41, 5.74) is 2.46. The normalized spacial score (nSPS) is 13.1. The molecule has 3 heteroatoms. The molecule has 0 saturated heterocycles. The number of likely N-dealkylation sites (N-methyl/N-ethyl adjacent to an activating group) is 1. The van der Waals surface area contributed by atoms with Crippen molar-refractivity contribution in [2.45, 2.75) is 19.6 Å². The fraction of sp³-hybridized carbons (Fsp3) is 0.500. The maximum atomic E-state index is 9.26. The second-order valence-electron chi connectivity index (χ2n) is 4.02. The average molecular weight is 209 g/mol. The van der Waals surface area contributed by atoms with E-state index in [0.29, 0.717) is 6.54 Å². The second-order valence-corrected chi connectivity index (χ2v) is 4.02. The van der Waals surface area contributed by atoms with E-state index in [2.05, 4.69) is 31.2 Å². The summed E-state index contributed by atoms with van der Waals surface area (Å²) in [6.07, 6.45) is -0.652. The number of benzene rings is 1. The zero-order valence-electron chi connectivity index (χ0n) is 9.35. The van der Waals surface area contributed by atoms with Gasteiger partial charge in [-0.25, -0.2) is 0 Å². The molecule has 2 N–H and O–H groups in total. The lowest BCUT2D eigenvalue weighted by atomic mass is 10.1. The number of hydrogen-bond acceptors (Lipinski definition) is 3. The van der Waals surface area contributed by atoms with Gasteiger partial charge < -0.3 is 10.2 Å². The van der Waals surface area contributed by atoms with Crippen LogP contribution in [-0.4, -0.2) is 41.4 Å². The van der Waals surface area contributed by atoms with Gasteiger partial charge in [-0.3, -0.25) is 4.90 Å². The molecule has 0 aliphatic rings. The smallest absolute Gasteiger partial charge is 0.0897 e. The predicted octanol–water partition coefficient (Wildman–Crippen LogP) is 0.780. The Labute approximate surface area is 91.0 Å². The number of rotatable bonds is 5. The highest BCUT2D eigenvalue weighted by Crippen LogP contribution is 2.05. The molecule has 84 valence electrons. The van der Waals surface area contributed by atoms with Crippen LogP contribution in [0.2, 0.25) is 0 Å². The summed E-state index contributed by atoms with van der Waals surface area (Å²) in [5, 5.41) is 18.0. The van der Waals surface area contributed by atoms with Crippen molar-refractivity contribution in [3.63, 3.8) is 0 Å². The van der Waals surface area contributed by atoms with Gasteiger partial charge in [0.25, 0.3) is 0 Å². The summed E-state index contributed by atoms with van der Waals surface area (Å²) in [6, 6.07) is 8.31. The zero-order chi connectivity index (χ0) is 11.3. The minimum absolute atomic E-state index is 0.182. The maximum Gasteiger partial charge on any atom is 0.0897 e. The number of aliphatic hydroxyl groups excluding tert-OH is 2. The summed E-state index contributed by atoms with van der Waals surface area (Å²) in [6.45, 7) is 3.16. The van der Waals surface area contributed by atoms with Gasteiger partial charge in [-0.15, -0.1) is 0 Å². The van der Waals surface area contributed by atoms with Crippen LogP contribution in [0.4, 0.5) is 0 Å². The van der Waals surface area contributed by atoms with Crippen molar-refractivity contribution >= 4 is 0 Å². The van der Waals surface area contributed by atoms with Crippen LogP contribution in [0.15, 0.2) is 24.3 Å². The van der Waals surface area contributed by atoms with Crippen LogP contribution in [-0.2, 0) is 6.54 Å². The fourth-order valence-corrected chi connectivity index (χ4v) is 1.49. The third-order valence-corrected chi connectivity index (χ3v) is 2.31. The topological polar surface area (TPSA) is 43.7 Å². The molecular formula is C12H19NO2. The third-order valence-electron chi connectivity index (χ3n) is 2.31.